The van der Waals surface area contributed by atoms with E-state index < -0.39 is 0 Å². The van der Waals surface area contributed by atoms with Gasteiger partial charge in [-0.05, 0) is 6.08 Å². The van der Waals surface area contributed by atoms with Gasteiger partial charge in [-0.3, -0.25) is 0 Å². The van der Waals surface area contributed by atoms with E-state index >= 15 is 0 Å². The van der Waals surface area contributed by atoms with Crippen LogP contribution in [-0.4, -0.2) is 17.1 Å². The highest BCUT2D eigenvalue weighted by Crippen LogP contribution is 2.18. The topological polar surface area (TPSA) is 61.0 Å². The van der Waals surface area contributed by atoms with Gasteiger partial charge < -0.3 is 10.5 Å². The van der Waals surface area contributed by atoms with Crippen molar-refractivity contribution in [2.75, 3.05) is 12.8 Å². The number of hydrogen-bond acceptors (Lipinski definition) is 4. The Morgan fingerprint density at radius 3 is 2.92 bits per heavy atom. The van der Waals surface area contributed by atoms with Crippen LogP contribution in [0.3, 0.4) is 0 Å². The Kier molecular flexibility index (Phi) is 2.88. The summed E-state index contributed by atoms with van der Waals surface area (Å²) in [5.74, 6) is 0.336. The van der Waals surface area contributed by atoms with Crippen LogP contribution in [-0.2, 0) is 4.74 Å². The van der Waals surface area contributed by atoms with Crippen LogP contribution in [0.15, 0.2) is 12.6 Å². The number of nitrogens with two attached hydrogens (primary N) is 1. The molecule has 1 aromatic rings. The molecule has 0 aliphatic heterocycles. The molecule has 0 saturated carbocycles. The Hall–Kier alpha value is -1.29. The molecule has 0 spiro atoms. The number of nitrogens with zero attached hydrogens (tertiary/aromatic N) is 2. The normalized spacial score (nSPS) is 10.5. The third-order valence-corrected chi connectivity index (χ3v) is 1.54. The van der Waals surface area contributed by atoms with Crippen molar-refractivity contribution in [2.24, 2.45) is 0 Å². The summed E-state index contributed by atoms with van der Waals surface area (Å²) >= 11 is 5.73. The molecule has 1 rings (SSSR count). The van der Waals surface area contributed by atoms with Gasteiger partial charge in [-0.25, -0.2) is 9.97 Å². The fourth-order valence-electron chi connectivity index (χ4n) is 0.677. The standard InChI is InChI=1S/C7H8ClN3O/c1-12-3-2-5-6(8)10-4-11-7(5)9/h2-4H,1H3,(H2,9,10,11). The van der Waals surface area contributed by atoms with E-state index in [9.17, 15) is 0 Å². The van der Waals surface area contributed by atoms with Gasteiger partial charge in [-0.1, -0.05) is 11.6 Å². The van der Waals surface area contributed by atoms with Crippen LogP contribution < -0.4 is 5.73 Å². The molecule has 0 aliphatic rings. The highest BCUT2D eigenvalue weighted by molar-refractivity contribution is 6.31. The highest BCUT2D eigenvalue weighted by atomic mass is 35.5. The molecule has 5 heteroatoms. The van der Waals surface area contributed by atoms with Gasteiger partial charge in [0, 0.05) is 0 Å². The first kappa shape index (κ1) is 8.80. The fourth-order valence-corrected chi connectivity index (χ4v) is 0.880. The maximum Gasteiger partial charge on any atom is 0.141 e. The van der Waals surface area contributed by atoms with Crippen molar-refractivity contribution in [3.8, 4) is 0 Å². The predicted octanol–water partition coefficient (Wildman–Crippen LogP) is 1.33. The number of hydrogen-bond donors (Lipinski definition) is 1. The minimum atomic E-state index is 0.316. The van der Waals surface area contributed by atoms with Crippen molar-refractivity contribution >= 4 is 23.5 Å². The van der Waals surface area contributed by atoms with Crippen molar-refractivity contribution in [3.05, 3.63) is 23.3 Å². The average Bonchev–Trinajstić information content (AvgIpc) is 2.04. The van der Waals surface area contributed by atoms with Crippen LogP contribution in [0.25, 0.3) is 6.08 Å². The molecule has 12 heavy (non-hydrogen) atoms. The number of ether oxygens (including phenoxy) is 1. The lowest BCUT2D eigenvalue weighted by Gasteiger charge is -1.99. The molecule has 0 amide bonds. The minimum absolute atomic E-state index is 0.316. The van der Waals surface area contributed by atoms with Crippen molar-refractivity contribution < 1.29 is 4.74 Å². The van der Waals surface area contributed by atoms with Crippen LogP contribution in [0.5, 0.6) is 0 Å². The Balaban J connectivity index is 3.04. The number of halogens is 1. The molecule has 0 unspecified atom stereocenters. The van der Waals surface area contributed by atoms with E-state index in [4.69, 9.17) is 22.1 Å². The monoisotopic (exact) mass is 185 g/mol. The number of aromatic nitrogens is 2. The maximum absolute atomic E-state index is 5.73. The summed E-state index contributed by atoms with van der Waals surface area (Å²) in [5, 5.41) is 0.316. The zero-order chi connectivity index (χ0) is 8.97. The summed E-state index contributed by atoms with van der Waals surface area (Å²) in [5.41, 5.74) is 6.09. The molecule has 64 valence electrons. The second-order valence-corrected chi connectivity index (χ2v) is 2.36. The zero-order valence-electron chi connectivity index (χ0n) is 6.49. The molecule has 1 aromatic heterocycles. The van der Waals surface area contributed by atoms with Crippen LogP contribution in [0, 0.1) is 0 Å². The number of rotatable bonds is 2. The first-order valence-electron chi connectivity index (χ1n) is 3.21. The van der Waals surface area contributed by atoms with Gasteiger partial charge in [-0.2, -0.15) is 0 Å². The molecular formula is C7H8ClN3O. The van der Waals surface area contributed by atoms with Crippen molar-refractivity contribution in [1.82, 2.24) is 9.97 Å². The molecule has 0 aromatic carbocycles. The molecule has 0 bridgehead atoms. The molecule has 0 fully saturated rings. The Morgan fingerprint density at radius 2 is 2.33 bits per heavy atom. The first-order valence-corrected chi connectivity index (χ1v) is 3.59. The van der Waals surface area contributed by atoms with Crippen molar-refractivity contribution in [2.45, 2.75) is 0 Å². The summed E-state index contributed by atoms with van der Waals surface area (Å²) in [6, 6.07) is 0. The Morgan fingerprint density at radius 1 is 1.58 bits per heavy atom. The fraction of sp³-hybridized carbons (Fsp3) is 0.143. The largest absolute Gasteiger partial charge is 0.504 e. The van der Waals surface area contributed by atoms with E-state index in [1.165, 1.54) is 19.7 Å². The van der Waals surface area contributed by atoms with Gasteiger partial charge in [0.15, 0.2) is 0 Å². The van der Waals surface area contributed by atoms with Gasteiger partial charge in [-0.15, -0.1) is 0 Å². The molecule has 0 radical (unpaired) electrons. The summed E-state index contributed by atoms with van der Waals surface area (Å²) in [4.78, 5) is 7.53. The van der Waals surface area contributed by atoms with Gasteiger partial charge in [0.25, 0.3) is 0 Å². The molecule has 0 aliphatic carbocycles. The second-order valence-electron chi connectivity index (χ2n) is 2.00. The van der Waals surface area contributed by atoms with E-state index in [-0.39, 0.29) is 0 Å². The summed E-state index contributed by atoms with van der Waals surface area (Å²) in [6.07, 6.45) is 4.38. The third-order valence-electron chi connectivity index (χ3n) is 1.24. The van der Waals surface area contributed by atoms with Gasteiger partial charge in [0.1, 0.15) is 17.3 Å². The van der Waals surface area contributed by atoms with E-state index in [1.807, 2.05) is 0 Å². The smallest absolute Gasteiger partial charge is 0.141 e. The minimum Gasteiger partial charge on any atom is -0.504 e. The molecule has 1 heterocycles. The molecule has 0 saturated heterocycles. The lowest BCUT2D eigenvalue weighted by atomic mass is 10.3. The second kappa shape index (κ2) is 3.92. The van der Waals surface area contributed by atoms with Crippen molar-refractivity contribution in [3.63, 3.8) is 0 Å². The lowest BCUT2D eigenvalue weighted by Crippen LogP contribution is -1.95. The van der Waals surface area contributed by atoms with Crippen molar-refractivity contribution in [1.29, 1.82) is 0 Å². The third kappa shape index (κ3) is 1.85. The summed E-state index contributed by atoms with van der Waals surface area (Å²) in [7, 11) is 1.53. The Bertz CT molecular complexity index is 280. The lowest BCUT2D eigenvalue weighted by molar-refractivity contribution is 0.341. The van der Waals surface area contributed by atoms with E-state index in [1.54, 1.807) is 6.08 Å². The maximum atomic E-state index is 5.73. The average molecular weight is 186 g/mol. The van der Waals surface area contributed by atoms with Crippen LogP contribution in [0.1, 0.15) is 5.56 Å². The van der Waals surface area contributed by atoms with Gasteiger partial charge in [0.05, 0.1) is 18.9 Å². The molecule has 2 N–H and O–H groups in total. The van der Waals surface area contributed by atoms with Gasteiger partial charge >= 0.3 is 0 Å². The SMILES string of the molecule is COC=Cc1c(N)ncnc1Cl. The van der Waals surface area contributed by atoms with Crippen LogP contribution >= 0.6 is 11.6 Å². The predicted molar refractivity (Wildman–Crippen MR) is 47.5 cm³/mol. The van der Waals surface area contributed by atoms with E-state index in [2.05, 4.69) is 9.97 Å². The zero-order valence-corrected chi connectivity index (χ0v) is 7.25. The van der Waals surface area contributed by atoms with Gasteiger partial charge in [0.2, 0.25) is 0 Å². The summed E-state index contributed by atoms with van der Waals surface area (Å²) in [6.45, 7) is 0. The van der Waals surface area contributed by atoms with Crippen LogP contribution in [0.4, 0.5) is 5.82 Å². The molecular weight excluding hydrogens is 178 g/mol. The quantitative estimate of drug-likeness (QED) is 0.558. The number of nitrogen functional groups attached to an aromatic ring is 1. The molecule has 4 nitrogen and oxygen atoms in total. The number of anilines is 1. The highest BCUT2D eigenvalue weighted by Gasteiger charge is 2.02. The molecule has 0 atom stereocenters. The first-order chi connectivity index (χ1) is 5.75. The summed E-state index contributed by atoms with van der Waals surface area (Å²) < 4.78 is 4.71. The Labute approximate surface area is 75.0 Å². The van der Waals surface area contributed by atoms with Crippen LogP contribution in [0.2, 0.25) is 5.15 Å². The van der Waals surface area contributed by atoms with E-state index in [0.717, 1.165) is 0 Å². The van der Waals surface area contributed by atoms with E-state index in [0.29, 0.717) is 16.5 Å². The number of methoxy groups -OCH3 is 1.